The molecule has 1 aromatic carbocycles. The molecule has 3 saturated heterocycles. The van der Waals surface area contributed by atoms with Crippen molar-refractivity contribution in [2.45, 2.75) is 37.6 Å². The van der Waals surface area contributed by atoms with Crippen LogP contribution in [0.25, 0.3) is 0 Å². The molecular formula is C16H15ClINO4. The molecule has 0 saturated carbocycles. The van der Waals surface area contributed by atoms with E-state index >= 15 is 0 Å². The first kappa shape index (κ1) is 15.8. The summed E-state index contributed by atoms with van der Waals surface area (Å²) in [6, 6.07) is 5.07. The van der Waals surface area contributed by atoms with Crippen molar-refractivity contribution in [1.82, 2.24) is 0 Å². The molecule has 0 spiro atoms. The molecule has 3 aliphatic rings. The number of benzene rings is 1. The standard InChI is InChI=1S/C16H15ClINO4/c1-15-6-10(20)16(2,23-15)12-11(15)13(21)19(14(12)22)7-3-4-8(17)9(18)5-7/h3-5,10-12,20H,6H2,1-2H3/t10-,11+,12-,15+,16-/m0/s1. The van der Waals surface area contributed by atoms with Crippen LogP contribution in [0, 0.1) is 15.4 Å². The second-order valence-corrected chi connectivity index (χ2v) is 8.45. The molecule has 0 aliphatic carbocycles. The van der Waals surface area contributed by atoms with Crippen molar-refractivity contribution >= 4 is 51.7 Å². The van der Waals surface area contributed by atoms with Crippen molar-refractivity contribution in [2.75, 3.05) is 4.90 Å². The van der Waals surface area contributed by atoms with Gasteiger partial charge in [-0.05, 0) is 54.6 Å². The van der Waals surface area contributed by atoms with E-state index in [-0.39, 0.29) is 11.8 Å². The van der Waals surface area contributed by atoms with Crippen LogP contribution in [0.1, 0.15) is 20.3 Å². The van der Waals surface area contributed by atoms with E-state index in [1.807, 2.05) is 6.92 Å². The Kier molecular flexibility index (Phi) is 3.22. The summed E-state index contributed by atoms with van der Waals surface area (Å²) in [6.45, 7) is 3.54. The summed E-state index contributed by atoms with van der Waals surface area (Å²) >= 11 is 8.09. The van der Waals surface area contributed by atoms with Crippen molar-refractivity contribution in [3.63, 3.8) is 0 Å². The summed E-state index contributed by atoms with van der Waals surface area (Å²) in [4.78, 5) is 27.1. The second-order valence-electron chi connectivity index (χ2n) is 6.88. The zero-order valence-electron chi connectivity index (χ0n) is 12.5. The Balaban J connectivity index is 1.80. The maximum absolute atomic E-state index is 13.0. The monoisotopic (exact) mass is 447 g/mol. The van der Waals surface area contributed by atoms with E-state index in [0.29, 0.717) is 17.1 Å². The molecule has 2 bridgehead atoms. The van der Waals surface area contributed by atoms with Gasteiger partial charge in [0.25, 0.3) is 0 Å². The van der Waals surface area contributed by atoms with Gasteiger partial charge in [-0.15, -0.1) is 0 Å². The minimum Gasteiger partial charge on any atom is -0.390 e. The summed E-state index contributed by atoms with van der Waals surface area (Å²) < 4.78 is 6.73. The van der Waals surface area contributed by atoms with Crippen molar-refractivity contribution in [1.29, 1.82) is 0 Å². The first-order chi connectivity index (χ1) is 10.7. The SMILES string of the molecule is C[C@]12O[C@](C)(C[C@@H]1O)[C@H]1C(=O)N(c3ccc(Cl)c(I)c3)C(=O)[C@H]12. The predicted octanol–water partition coefficient (Wildman–Crippen LogP) is 2.36. The summed E-state index contributed by atoms with van der Waals surface area (Å²) in [5, 5.41) is 10.9. The van der Waals surface area contributed by atoms with Gasteiger partial charge in [0.15, 0.2) is 0 Å². The zero-order chi connectivity index (χ0) is 16.7. The normalized spacial score (nSPS) is 41.8. The van der Waals surface area contributed by atoms with Gasteiger partial charge in [-0.3, -0.25) is 9.59 Å². The number of ether oxygens (including phenoxy) is 1. The fourth-order valence-electron chi connectivity index (χ4n) is 4.40. The molecule has 5 atom stereocenters. The molecule has 2 amide bonds. The molecule has 3 fully saturated rings. The third-order valence-corrected chi connectivity index (χ3v) is 7.00. The molecule has 4 rings (SSSR count). The molecule has 0 radical (unpaired) electrons. The Morgan fingerprint density at radius 2 is 1.96 bits per heavy atom. The van der Waals surface area contributed by atoms with Crippen LogP contribution in [0.15, 0.2) is 18.2 Å². The van der Waals surface area contributed by atoms with Crippen LogP contribution in [-0.2, 0) is 14.3 Å². The number of carbonyl (C=O) groups is 2. The number of rotatable bonds is 1. The highest BCUT2D eigenvalue weighted by atomic mass is 127. The van der Waals surface area contributed by atoms with E-state index < -0.39 is 29.1 Å². The van der Waals surface area contributed by atoms with Crippen LogP contribution < -0.4 is 4.90 Å². The van der Waals surface area contributed by atoms with Gasteiger partial charge in [0.2, 0.25) is 11.8 Å². The number of imide groups is 1. The molecule has 0 unspecified atom stereocenters. The van der Waals surface area contributed by atoms with E-state index in [4.69, 9.17) is 16.3 Å². The summed E-state index contributed by atoms with van der Waals surface area (Å²) in [6.07, 6.45) is -0.369. The van der Waals surface area contributed by atoms with E-state index in [1.54, 1.807) is 25.1 Å². The third-order valence-electron chi connectivity index (χ3n) is 5.46. The highest BCUT2D eigenvalue weighted by Gasteiger charge is 2.75. The summed E-state index contributed by atoms with van der Waals surface area (Å²) in [5.41, 5.74) is -1.27. The van der Waals surface area contributed by atoms with Gasteiger partial charge in [0.1, 0.15) is 5.60 Å². The average Bonchev–Trinajstić information content (AvgIpc) is 2.96. The number of anilines is 1. The lowest BCUT2D eigenvalue weighted by atomic mass is 9.67. The fourth-order valence-corrected chi connectivity index (χ4v) is 5.02. The Bertz CT molecular complexity index is 756. The molecule has 3 heterocycles. The zero-order valence-corrected chi connectivity index (χ0v) is 15.5. The molecule has 23 heavy (non-hydrogen) atoms. The first-order valence-corrected chi connectivity index (χ1v) is 8.86. The topological polar surface area (TPSA) is 66.8 Å². The van der Waals surface area contributed by atoms with Crippen LogP contribution in [0.3, 0.4) is 0 Å². The van der Waals surface area contributed by atoms with Gasteiger partial charge in [-0.25, -0.2) is 4.90 Å². The number of aliphatic hydroxyl groups excluding tert-OH is 1. The van der Waals surface area contributed by atoms with E-state index in [0.717, 1.165) is 3.57 Å². The highest BCUT2D eigenvalue weighted by Crippen LogP contribution is 2.60. The molecule has 1 aromatic rings. The number of hydrogen-bond acceptors (Lipinski definition) is 4. The van der Waals surface area contributed by atoms with Gasteiger partial charge in [0.05, 0.1) is 34.3 Å². The maximum Gasteiger partial charge on any atom is 0.240 e. The predicted molar refractivity (Wildman–Crippen MR) is 92.2 cm³/mol. The van der Waals surface area contributed by atoms with Gasteiger partial charge < -0.3 is 9.84 Å². The van der Waals surface area contributed by atoms with Crippen molar-refractivity contribution in [2.24, 2.45) is 11.8 Å². The lowest BCUT2D eigenvalue weighted by Gasteiger charge is -2.31. The quantitative estimate of drug-likeness (QED) is 0.530. The molecule has 7 heteroatoms. The number of carbonyl (C=O) groups excluding carboxylic acids is 2. The van der Waals surface area contributed by atoms with Gasteiger partial charge >= 0.3 is 0 Å². The third kappa shape index (κ3) is 1.86. The summed E-state index contributed by atoms with van der Waals surface area (Å²) in [7, 11) is 0. The van der Waals surface area contributed by atoms with Crippen LogP contribution in [-0.4, -0.2) is 34.2 Å². The first-order valence-electron chi connectivity index (χ1n) is 7.40. The van der Waals surface area contributed by atoms with Crippen molar-refractivity contribution in [3.05, 3.63) is 26.8 Å². The second kappa shape index (κ2) is 4.68. The number of amides is 2. The lowest BCUT2D eigenvalue weighted by molar-refractivity contribution is -0.132. The van der Waals surface area contributed by atoms with Crippen LogP contribution >= 0.6 is 34.2 Å². The Hall–Kier alpha value is -0.700. The molecule has 122 valence electrons. The maximum atomic E-state index is 13.0. The minimum absolute atomic E-state index is 0.253. The fraction of sp³-hybridized carbons (Fsp3) is 0.500. The molecular weight excluding hydrogens is 433 g/mol. The van der Waals surface area contributed by atoms with Gasteiger partial charge in [0, 0.05) is 9.99 Å². The Labute approximate surface area is 152 Å². The largest absolute Gasteiger partial charge is 0.390 e. The number of halogens is 2. The number of fused-ring (bicyclic) bond motifs is 5. The Morgan fingerprint density at radius 3 is 2.61 bits per heavy atom. The van der Waals surface area contributed by atoms with Crippen LogP contribution in [0.2, 0.25) is 5.02 Å². The summed E-state index contributed by atoms with van der Waals surface area (Å²) in [5.74, 6) is -1.74. The molecule has 5 nitrogen and oxygen atoms in total. The van der Waals surface area contributed by atoms with Gasteiger partial charge in [-0.2, -0.15) is 0 Å². The van der Waals surface area contributed by atoms with Crippen LogP contribution in [0.4, 0.5) is 5.69 Å². The lowest BCUT2D eigenvalue weighted by Crippen LogP contribution is -2.49. The Morgan fingerprint density at radius 1 is 1.30 bits per heavy atom. The van der Waals surface area contributed by atoms with Crippen molar-refractivity contribution < 1.29 is 19.4 Å². The van der Waals surface area contributed by atoms with E-state index in [9.17, 15) is 14.7 Å². The minimum atomic E-state index is -1.000. The molecule has 3 aliphatic heterocycles. The number of nitrogens with zero attached hydrogens (tertiary/aromatic N) is 1. The number of hydrogen-bond donors (Lipinski definition) is 1. The molecule has 0 aromatic heterocycles. The van der Waals surface area contributed by atoms with Gasteiger partial charge in [-0.1, -0.05) is 11.6 Å². The van der Waals surface area contributed by atoms with E-state index in [1.165, 1.54) is 4.90 Å². The number of aliphatic hydroxyl groups is 1. The highest BCUT2D eigenvalue weighted by molar-refractivity contribution is 14.1. The average molecular weight is 448 g/mol. The van der Waals surface area contributed by atoms with Crippen molar-refractivity contribution in [3.8, 4) is 0 Å². The smallest absolute Gasteiger partial charge is 0.240 e. The molecule has 1 N–H and O–H groups in total. The van der Waals surface area contributed by atoms with E-state index in [2.05, 4.69) is 22.6 Å². The van der Waals surface area contributed by atoms with Crippen LogP contribution in [0.5, 0.6) is 0 Å².